The number of non-ortho nitro benzene ring substituents is 1. The number of ether oxygens (including phenoxy) is 1. The molecule has 1 aromatic carbocycles. The minimum atomic E-state index is -0.423. The van der Waals surface area contributed by atoms with Crippen LogP contribution in [0.25, 0.3) is 0 Å². The zero-order chi connectivity index (χ0) is 12.1. The molecule has 0 saturated carbocycles. The van der Waals surface area contributed by atoms with Gasteiger partial charge in [0, 0.05) is 23.9 Å². The van der Waals surface area contributed by atoms with E-state index in [-0.39, 0.29) is 11.7 Å². The van der Waals surface area contributed by atoms with E-state index in [0.29, 0.717) is 18.0 Å². The highest BCUT2D eigenvalue weighted by atomic mass is 16.6. The first-order chi connectivity index (χ1) is 7.52. The molecule has 0 heterocycles. The average Bonchev–Trinajstić information content (AvgIpc) is 2.16. The predicted octanol–water partition coefficient (Wildman–Crippen LogP) is 2.81. The fourth-order valence-corrected chi connectivity index (χ4v) is 1.36. The minimum Gasteiger partial charge on any atom is -0.494 e. The lowest BCUT2D eigenvalue weighted by Crippen LogP contribution is -2.10. The SMILES string of the molecule is CCOc1cc(NC(C)C)cc([N+](=O)[O-])c1. The van der Waals surface area contributed by atoms with Crippen molar-refractivity contribution in [1.29, 1.82) is 0 Å². The Bertz CT molecular complexity index is 377. The number of hydrogen-bond donors (Lipinski definition) is 1. The molecule has 5 nitrogen and oxygen atoms in total. The second-order valence-electron chi connectivity index (χ2n) is 3.70. The number of nitrogens with one attached hydrogen (secondary N) is 1. The molecule has 88 valence electrons. The summed E-state index contributed by atoms with van der Waals surface area (Å²) in [4.78, 5) is 10.3. The van der Waals surface area contributed by atoms with Crippen LogP contribution in [0.2, 0.25) is 0 Å². The van der Waals surface area contributed by atoms with E-state index in [1.807, 2.05) is 20.8 Å². The Morgan fingerprint density at radius 3 is 2.62 bits per heavy atom. The third-order valence-electron chi connectivity index (χ3n) is 1.87. The molecule has 0 bridgehead atoms. The highest BCUT2D eigenvalue weighted by Gasteiger charge is 2.10. The van der Waals surface area contributed by atoms with E-state index in [4.69, 9.17) is 4.74 Å². The summed E-state index contributed by atoms with van der Waals surface area (Å²) in [5, 5.41) is 13.8. The van der Waals surface area contributed by atoms with Crippen LogP contribution in [-0.2, 0) is 0 Å². The number of rotatable bonds is 5. The van der Waals surface area contributed by atoms with Crippen LogP contribution in [0.15, 0.2) is 18.2 Å². The molecular formula is C11H16N2O3. The highest BCUT2D eigenvalue weighted by molar-refractivity contribution is 5.56. The van der Waals surface area contributed by atoms with Gasteiger partial charge in [0.1, 0.15) is 5.75 Å². The van der Waals surface area contributed by atoms with Crippen LogP contribution in [0.4, 0.5) is 11.4 Å². The number of hydrogen-bond acceptors (Lipinski definition) is 4. The lowest BCUT2D eigenvalue weighted by Gasteiger charge is -2.11. The molecule has 1 N–H and O–H groups in total. The van der Waals surface area contributed by atoms with Crippen molar-refractivity contribution < 1.29 is 9.66 Å². The van der Waals surface area contributed by atoms with Crippen LogP contribution in [0.3, 0.4) is 0 Å². The normalized spacial score (nSPS) is 10.2. The van der Waals surface area contributed by atoms with Crippen LogP contribution >= 0.6 is 0 Å². The first kappa shape index (κ1) is 12.3. The summed E-state index contributed by atoms with van der Waals surface area (Å²) in [7, 11) is 0. The summed E-state index contributed by atoms with van der Waals surface area (Å²) >= 11 is 0. The molecule has 16 heavy (non-hydrogen) atoms. The predicted molar refractivity (Wildman–Crippen MR) is 63.0 cm³/mol. The summed E-state index contributed by atoms with van der Waals surface area (Å²) in [5.41, 5.74) is 0.738. The van der Waals surface area contributed by atoms with E-state index in [1.165, 1.54) is 12.1 Å². The molecule has 0 aromatic heterocycles. The quantitative estimate of drug-likeness (QED) is 0.617. The first-order valence-electron chi connectivity index (χ1n) is 5.21. The van der Waals surface area contributed by atoms with Crippen LogP contribution in [-0.4, -0.2) is 17.6 Å². The maximum Gasteiger partial charge on any atom is 0.275 e. The topological polar surface area (TPSA) is 64.4 Å². The Morgan fingerprint density at radius 2 is 2.12 bits per heavy atom. The minimum absolute atomic E-state index is 0.0362. The van der Waals surface area contributed by atoms with Gasteiger partial charge in [-0.3, -0.25) is 10.1 Å². The Balaban J connectivity index is 3.03. The van der Waals surface area contributed by atoms with Crippen molar-refractivity contribution in [3.8, 4) is 5.75 Å². The summed E-state index contributed by atoms with van der Waals surface area (Å²) in [5.74, 6) is 0.514. The van der Waals surface area contributed by atoms with E-state index in [9.17, 15) is 10.1 Å². The lowest BCUT2D eigenvalue weighted by atomic mass is 10.2. The molecule has 0 atom stereocenters. The van der Waals surface area contributed by atoms with Gasteiger partial charge in [-0.05, 0) is 20.8 Å². The Hall–Kier alpha value is -1.78. The number of nitro benzene ring substituents is 1. The van der Waals surface area contributed by atoms with Crippen LogP contribution < -0.4 is 10.1 Å². The monoisotopic (exact) mass is 224 g/mol. The molecule has 0 aliphatic heterocycles. The largest absolute Gasteiger partial charge is 0.494 e. The average molecular weight is 224 g/mol. The number of nitro groups is 1. The molecule has 0 aliphatic carbocycles. The van der Waals surface area contributed by atoms with Crippen molar-refractivity contribution in [2.75, 3.05) is 11.9 Å². The maximum absolute atomic E-state index is 10.7. The number of benzene rings is 1. The molecule has 0 saturated heterocycles. The van der Waals surface area contributed by atoms with Gasteiger partial charge in [-0.15, -0.1) is 0 Å². The lowest BCUT2D eigenvalue weighted by molar-refractivity contribution is -0.384. The van der Waals surface area contributed by atoms with E-state index >= 15 is 0 Å². The van der Waals surface area contributed by atoms with Gasteiger partial charge in [-0.2, -0.15) is 0 Å². The van der Waals surface area contributed by atoms with Crippen LogP contribution in [0.5, 0.6) is 5.75 Å². The number of anilines is 1. The van der Waals surface area contributed by atoms with Crippen molar-refractivity contribution in [2.24, 2.45) is 0 Å². The molecule has 0 fully saturated rings. The molecular weight excluding hydrogens is 208 g/mol. The van der Waals surface area contributed by atoms with E-state index in [2.05, 4.69) is 5.32 Å². The zero-order valence-electron chi connectivity index (χ0n) is 9.69. The van der Waals surface area contributed by atoms with Gasteiger partial charge in [-0.25, -0.2) is 0 Å². The Morgan fingerprint density at radius 1 is 1.44 bits per heavy atom. The third kappa shape index (κ3) is 3.42. The highest BCUT2D eigenvalue weighted by Crippen LogP contribution is 2.26. The summed E-state index contributed by atoms with van der Waals surface area (Å²) in [6.07, 6.45) is 0. The van der Waals surface area contributed by atoms with Gasteiger partial charge < -0.3 is 10.1 Å². The van der Waals surface area contributed by atoms with Gasteiger partial charge >= 0.3 is 0 Å². The molecule has 0 radical (unpaired) electrons. The third-order valence-corrected chi connectivity index (χ3v) is 1.87. The fraction of sp³-hybridized carbons (Fsp3) is 0.455. The van der Waals surface area contributed by atoms with Crippen molar-refractivity contribution >= 4 is 11.4 Å². The van der Waals surface area contributed by atoms with Crippen molar-refractivity contribution in [3.05, 3.63) is 28.3 Å². The first-order valence-corrected chi connectivity index (χ1v) is 5.21. The van der Waals surface area contributed by atoms with Gasteiger partial charge in [0.05, 0.1) is 17.6 Å². The second kappa shape index (κ2) is 5.34. The standard InChI is InChI=1S/C11H16N2O3/c1-4-16-11-6-9(12-8(2)3)5-10(7-11)13(14)15/h5-8,12H,4H2,1-3H3. The van der Waals surface area contributed by atoms with E-state index in [1.54, 1.807) is 6.07 Å². The molecule has 0 aliphatic rings. The van der Waals surface area contributed by atoms with Crippen LogP contribution in [0, 0.1) is 10.1 Å². The van der Waals surface area contributed by atoms with Gasteiger partial charge in [-0.1, -0.05) is 0 Å². The molecule has 0 amide bonds. The zero-order valence-corrected chi connectivity index (χ0v) is 9.69. The Labute approximate surface area is 94.6 Å². The van der Waals surface area contributed by atoms with Crippen LogP contribution in [0.1, 0.15) is 20.8 Å². The van der Waals surface area contributed by atoms with Gasteiger partial charge in [0.15, 0.2) is 0 Å². The van der Waals surface area contributed by atoms with Crippen molar-refractivity contribution in [3.63, 3.8) is 0 Å². The molecule has 5 heteroatoms. The van der Waals surface area contributed by atoms with Crippen molar-refractivity contribution in [2.45, 2.75) is 26.8 Å². The maximum atomic E-state index is 10.7. The van der Waals surface area contributed by atoms with Crippen molar-refractivity contribution in [1.82, 2.24) is 0 Å². The van der Waals surface area contributed by atoms with E-state index in [0.717, 1.165) is 0 Å². The molecule has 1 aromatic rings. The van der Waals surface area contributed by atoms with Gasteiger partial charge in [0.2, 0.25) is 0 Å². The molecule has 1 rings (SSSR count). The molecule has 0 unspecified atom stereocenters. The fourth-order valence-electron chi connectivity index (χ4n) is 1.36. The summed E-state index contributed by atoms with van der Waals surface area (Å²) in [6, 6.07) is 4.91. The number of nitrogens with zero attached hydrogens (tertiary/aromatic N) is 1. The second-order valence-corrected chi connectivity index (χ2v) is 3.70. The summed E-state index contributed by atoms with van der Waals surface area (Å²) in [6.45, 7) is 6.27. The summed E-state index contributed by atoms with van der Waals surface area (Å²) < 4.78 is 5.27. The smallest absolute Gasteiger partial charge is 0.275 e. The molecule has 0 spiro atoms. The van der Waals surface area contributed by atoms with E-state index < -0.39 is 4.92 Å². The van der Waals surface area contributed by atoms with Gasteiger partial charge in [0.25, 0.3) is 5.69 Å². The Kier molecular flexibility index (Phi) is 4.10.